The van der Waals surface area contributed by atoms with Gasteiger partial charge in [0.1, 0.15) is 17.0 Å². The highest BCUT2D eigenvalue weighted by atomic mass is 35.5. The number of hydrogen-bond donors (Lipinski definition) is 2. The van der Waals surface area contributed by atoms with E-state index < -0.39 is 0 Å². The second-order valence-corrected chi connectivity index (χ2v) is 6.27. The van der Waals surface area contributed by atoms with E-state index in [9.17, 15) is 0 Å². The maximum absolute atomic E-state index is 6.10. The van der Waals surface area contributed by atoms with Crippen LogP contribution in [0.1, 0.15) is 12.5 Å². The molecule has 0 aliphatic heterocycles. The van der Waals surface area contributed by atoms with Gasteiger partial charge in [-0.05, 0) is 37.1 Å². The van der Waals surface area contributed by atoms with E-state index in [1.165, 1.54) is 0 Å². The quantitative estimate of drug-likeness (QED) is 0.438. The highest BCUT2D eigenvalue weighted by molar-refractivity contribution is 6.32. The zero-order valence-corrected chi connectivity index (χ0v) is 15.8. The van der Waals surface area contributed by atoms with Gasteiger partial charge in [-0.3, -0.25) is 4.99 Å². The number of ether oxygens (including phenoxy) is 1. The van der Waals surface area contributed by atoms with Crippen LogP contribution in [0.3, 0.4) is 0 Å². The number of halogens is 2. The van der Waals surface area contributed by atoms with Crippen molar-refractivity contribution in [3.05, 3.63) is 58.3 Å². The second kappa shape index (κ2) is 10.1. The van der Waals surface area contributed by atoms with Crippen molar-refractivity contribution < 1.29 is 4.74 Å². The van der Waals surface area contributed by atoms with Gasteiger partial charge in [0.25, 0.3) is 0 Å². The Kier molecular flexibility index (Phi) is 7.82. The number of pyridine rings is 1. The molecule has 0 saturated carbocycles. The first kappa shape index (κ1) is 19.3. The van der Waals surface area contributed by atoms with Gasteiger partial charge >= 0.3 is 0 Å². The van der Waals surface area contributed by atoms with E-state index in [2.05, 4.69) is 20.6 Å². The van der Waals surface area contributed by atoms with Crippen molar-refractivity contribution in [1.82, 2.24) is 15.6 Å². The van der Waals surface area contributed by atoms with Crippen molar-refractivity contribution in [3.63, 3.8) is 0 Å². The Hall–Kier alpha value is -1.98. The average molecular weight is 381 g/mol. The highest BCUT2D eigenvalue weighted by Crippen LogP contribution is 2.23. The predicted molar refractivity (Wildman–Crippen MR) is 104 cm³/mol. The predicted octanol–water partition coefficient (Wildman–Crippen LogP) is 3.56. The van der Waals surface area contributed by atoms with Gasteiger partial charge in [-0.15, -0.1) is 0 Å². The first-order valence-electron chi connectivity index (χ1n) is 8.04. The molecule has 134 valence electrons. The molecule has 0 aliphatic rings. The molecule has 1 atom stereocenters. The van der Waals surface area contributed by atoms with Crippen LogP contribution in [-0.4, -0.2) is 37.2 Å². The van der Waals surface area contributed by atoms with Crippen molar-refractivity contribution >= 4 is 29.2 Å². The summed E-state index contributed by atoms with van der Waals surface area (Å²) in [5.41, 5.74) is 1.11. The number of benzene rings is 1. The molecule has 1 heterocycles. The molecule has 0 aliphatic carbocycles. The Morgan fingerprint density at radius 1 is 1.20 bits per heavy atom. The van der Waals surface area contributed by atoms with Gasteiger partial charge in [-0.2, -0.15) is 0 Å². The topological polar surface area (TPSA) is 58.5 Å². The maximum atomic E-state index is 6.10. The lowest BCUT2D eigenvalue weighted by Crippen LogP contribution is -2.42. The summed E-state index contributed by atoms with van der Waals surface area (Å²) in [6.45, 7) is 3.32. The van der Waals surface area contributed by atoms with Crippen LogP contribution in [0.2, 0.25) is 10.2 Å². The molecule has 2 aromatic rings. The third-order valence-electron chi connectivity index (χ3n) is 3.44. The van der Waals surface area contributed by atoms with Crippen LogP contribution in [-0.2, 0) is 6.42 Å². The number of aliphatic imine (C=N–C) groups is 1. The highest BCUT2D eigenvalue weighted by Gasteiger charge is 2.08. The summed E-state index contributed by atoms with van der Waals surface area (Å²) in [5.74, 6) is 1.40. The van der Waals surface area contributed by atoms with Crippen molar-refractivity contribution in [2.24, 2.45) is 4.99 Å². The molecule has 1 aromatic carbocycles. The van der Waals surface area contributed by atoms with E-state index in [1.54, 1.807) is 19.3 Å². The van der Waals surface area contributed by atoms with E-state index in [1.807, 2.05) is 37.3 Å². The first-order valence-corrected chi connectivity index (χ1v) is 8.80. The molecule has 0 radical (unpaired) electrons. The third kappa shape index (κ3) is 6.80. The van der Waals surface area contributed by atoms with Crippen LogP contribution in [0.15, 0.2) is 47.6 Å². The number of nitrogens with one attached hydrogen (secondary N) is 2. The standard InChI is InChI=1S/C18H22Cl2N4O/c1-13(25-16-6-4-3-5-15(16)19)11-24-18(21-2)22-10-9-14-7-8-17(20)23-12-14/h3-8,12-13H,9-11H2,1-2H3,(H2,21,22,24). The molecule has 1 aromatic heterocycles. The summed E-state index contributed by atoms with van der Waals surface area (Å²) in [7, 11) is 1.73. The molecule has 5 nitrogen and oxygen atoms in total. The van der Waals surface area contributed by atoms with Crippen LogP contribution in [0.5, 0.6) is 5.75 Å². The average Bonchev–Trinajstić information content (AvgIpc) is 2.61. The van der Waals surface area contributed by atoms with Gasteiger partial charge < -0.3 is 15.4 Å². The fourth-order valence-corrected chi connectivity index (χ4v) is 2.43. The Labute approximate surface area is 158 Å². The molecular formula is C18H22Cl2N4O. The Bertz CT molecular complexity index is 692. The van der Waals surface area contributed by atoms with Gasteiger partial charge in [-0.1, -0.05) is 41.4 Å². The number of guanidine groups is 1. The molecule has 0 spiro atoms. The molecular weight excluding hydrogens is 359 g/mol. The summed E-state index contributed by atoms with van der Waals surface area (Å²) in [6.07, 6.45) is 2.55. The SMILES string of the molecule is CN=C(NCCc1ccc(Cl)nc1)NCC(C)Oc1ccccc1Cl. The smallest absolute Gasteiger partial charge is 0.191 e. The largest absolute Gasteiger partial charge is 0.487 e. The van der Waals surface area contributed by atoms with Crippen molar-refractivity contribution in [1.29, 1.82) is 0 Å². The van der Waals surface area contributed by atoms with Gasteiger partial charge in [0.05, 0.1) is 11.6 Å². The van der Waals surface area contributed by atoms with E-state index >= 15 is 0 Å². The lowest BCUT2D eigenvalue weighted by molar-refractivity contribution is 0.224. The summed E-state index contributed by atoms with van der Waals surface area (Å²) >= 11 is 11.9. The molecule has 1 unspecified atom stereocenters. The number of para-hydroxylation sites is 1. The summed E-state index contributed by atoms with van der Waals surface area (Å²) in [5, 5.41) is 7.60. The van der Waals surface area contributed by atoms with Crippen LogP contribution < -0.4 is 15.4 Å². The third-order valence-corrected chi connectivity index (χ3v) is 3.98. The van der Waals surface area contributed by atoms with Crippen molar-refractivity contribution in [2.45, 2.75) is 19.4 Å². The van der Waals surface area contributed by atoms with E-state index in [0.29, 0.717) is 22.5 Å². The van der Waals surface area contributed by atoms with Gasteiger partial charge in [0, 0.05) is 19.8 Å². The number of aromatic nitrogens is 1. The lowest BCUT2D eigenvalue weighted by atomic mass is 10.2. The zero-order chi connectivity index (χ0) is 18.1. The Morgan fingerprint density at radius 3 is 2.68 bits per heavy atom. The molecule has 7 heteroatoms. The maximum Gasteiger partial charge on any atom is 0.191 e. The van der Waals surface area contributed by atoms with Gasteiger partial charge in [-0.25, -0.2) is 4.98 Å². The fourth-order valence-electron chi connectivity index (χ4n) is 2.14. The van der Waals surface area contributed by atoms with Crippen LogP contribution in [0.25, 0.3) is 0 Å². The fraction of sp³-hybridized carbons (Fsp3) is 0.333. The first-order chi connectivity index (χ1) is 12.1. The van der Waals surface area contributed by atoms with E-state index in [0.717, 1.165) is 24.5 Å². The molecule has 2 N–H and O–H groups in total. The lowest BCUT2D eigenvalue weighted by Gasteiger charge is -2.18. The van der Waals surface area contributed by atoms with E-state index in [4.69, 9.17) is 27.9 Å². The molecule has 0 fully saturated rings. The van der Waals surface area contributed by atoms with Crippen LogP contribution >= 0.6 is 23.2 Å². The van der Waals surface area contributed by atoms with Gasteiger partial charge in [0.15, 0.2) is 5.96 Å². The van der Waals surface area contributed by atoms with Gasteiger partial charge in [0.2, 0.25) is 0 Å². The molecule has 0 bridgehead atoms. The van der Waals surface area contributed by atoms with Crippen molar-refractivity contribution in [3.8, 4) is 5.75 Å². The molecule has 0 saturated heterocycles. The molecule has 2 rings (SSSR count). The minimum Gasteiger partial charge on any atom is -0.487 e. The summed E-state index contributed by atoms with van der Waals surface area (Å²) in [4.78, 5) is 8.27. The van der Waals surface area contributed by atoms with E-state index in [-0.39, 0.29) is 6.10 Å². The zero-order valence-electron chi connectivity index (χ0n) is 14.3. The van der Waals surface area contributed by atoms with Crippen LogP contribution in [0, 0.1) is 0 Å². The minimum atomic E-state index is -0.0566. The Balaban J connectivity index is 1.72. The monoisotopic (exact) mass is 380 g/mol. The number of nitrogens with zero attached hydrogens (tertiary/aromatic N) is 2. The normalized spacial score (nSPS) is 12.6. The van der Waals surface area contributed by atoms with Crippen LogP contribution in [0.4, 0.5) is 0 Å². The Morgan fingerprint density at radius 2 is 2.00 bits per heavy atom. The summed E-state index contributed by atoms with van der Waals surface area (Å²) in [6, 6.07) is 11.2. The summed E-state index contributed by atoms with van der Waals surface area (Å²) < 4.78 is 5.83. The second-order valence-electron chi connectivity index (χ2n) is 5.48. The number of rotatable bonds is 7. The molecule has 0 amide bonds. The number of hydrogen-bond acceptors (Lipinski definition) is 3. The van der Waals surface area contributed by atoms with Crippen molar-refractivity contribution in [2.75, 3.05) is 20.1 Å². The minimum absolute atomic E-state index is 0.0566. The molecule has 25 heavy (non-hydrogen) atoms.